The van der Waals surface area contributed by atoms with Crippen molar-refractivity contribution < 1.29 is 4.74 Å². The Balaban J connectivity index is 1.92. The van der Waals surface area contributed by atoms with Crippen molar-refractivity contribution in [1.29, 1.82) is 0 Å². The van der Waals surface area contributed by atoms with Crippen LogP contribution in [-0.2, 0) is 0 Å². The zero-order valence-corrected chi connectivity index (χ0v) is 13.9. The van der Waals surface area contributed by atoms with Gasteiger partial charge in [0, 0.05) is 5.56 Å². The minimum atomic E-state index is 0.165. The summed E-state index contributed by atoms with van der Waals surface area (Å²) in [6.45, 7) is 0. The molecule has 2 atom stereocenters. The molecule has 3 rings (SSSR count). The lowest BCUT2D eigenvalue weighted by atomic mass is 10.1. The number of likely N-dealkylation sites (N-methyl/N-ethyl adjacent to an activating group) is 1. The molecule has 0 spiro atoms. The van der Waals surface area contributed by atoms with E-state index >= 15 is 0 Å². The second kappa shape index (κ2) is 6.55. The van der Waals surface area contributed by atoms with E-state index < -0.39 is 0 Å². The molecule has 0 radical (unpaired) electrons. The average molecular weight is 312 g/mol. The van der Waals surface area contributed by atoms with Crippen molar-refractivity contribution in [2.24, 2.45) is 4.99 Å². The second-order valence-corrected chi connectivity index (χ2v) is 6.60. The van der Waals surface area contributed by atoms with Gasteiger partial charge in [0.05, 0.1) is 12.5 Å². The fourth-order valence-corrected chi connectivity index (χ4v) is 3.79. The summed E-state index contributed by atoms with van der Waals surface area (Å²) in [6.07, 6.45) is 0. The van der Waals surface area contributed by atoms with Crippen molar-refractivity contribution >= 4 is 16.8 Å². The Morgan fingerprint density at radius 2 is 1.68 bits per heavy atom. The SMILES string of the molecule is COc1ccc(C2=NC(c3ccccc3)C(N(C)C)S2)cc1. The maximum Gasteiger partial charge on any atom is 0.118 e. The van der Waals surface area contributed by atoms with Gasteiger partial charge < -0.3 is 4.74 Å². The first-order valence-corrected chi connectivity index (χ1v) is 8.17. The maximum atomic E-state index is 5.23. The minimum Gasteiger partial charge on any atom is -0.497 e. The largest absolute Gasteiger partial charge is 0.497 e. The van der Waals surface area contributed by atoms with Crippen LogP contribution >= 0.6 is 11.8 Å². The molecule has 0 bridgehead atoms. The quantitative estimate of drug-likeness (QED) is 0.858. The van der Waals surface area contributed by atoms with Crippen LogP contribution in [0.5, 0.6) is 5.75 Å². The van der Waals surface area contributed by atoms with E-state index in [0.29, 0.717) is 5.37 Å². The Hall–Kier alpha value is -1.78. The monoisotopic (exact) mass is 312 g/mol. The summed E-state index contributed by atoms with van der Waals surface area (Å²) in [6, 6.07) is 18.8. The first kappa shape index (κ1) is 15.1. The zero-order valence-electron chi connectivity index (χ0n) is 13.1. The van der Waals surface area contributed by atoms with Crippen molar-refractivity contribution in [1.82, 2.24) is 4.90 Å². The molecule has 0 aliphatic carbocycles. The molecule has 0 fully saturated rings. The van der Waals surface area contributed by atoms with Crippen LogP contribution in [0.4, 0.5) is 0 Å². The summed E-state index contributed by atoms with van der Waals surface area (Å²) >= 11 is 1.82. The van der Waals surface area contributed by atoms with E-state index in [1.165, 1.54) is 5.56 Å². The van der Waals surface area contributed by atoms with E-state index in [-0.39, 0.29) is 6.04 Å². The summed E-state index contributed by atoms with van der Waals surface area (Å²) in [7, 11) is 5.91. The van der Waals surface area contributed by atoms with Crippen LogP contribution in [0.3, 0.4) is 0 Å². The number of ether oxygens (including phenoxy) is 1. The van der Waals surface area contributed by atoms with Gasteiger partial charge >= 0.3 is 0 Å². The van der Waals surface area contributed by atoms with Crippen molar-refractivity contribution in [2.75, 3.05) is 21.2 Å². The van der Waals surface area contributed by atoms with Gasteiger partial charge in [-0.25, -0.2) is 0 Å². The van der Waals surface area contributed by atoms with E-state index in [2.05, 4.69) is 55.4 Å². The van der Waals surface area contributed by atoms with Crippen LogP contribution in [0.2, 0.25) is 0 Å². The standard InChI is InChI=1S/C18H20N2OS/c1-20(2)18-16(13-7-5-4-6-8-13)19-17(22-18)14-9-11-15(21-3)12-10-14/h4-12,16,18H,1-3H3. The van der Waals surface area contributed by atoms with Gasteiger partial charge in [0.1, 0.15) is 16.8 Å². The molecular weight excluding hydrogens is 292 g/mol. The predicted molar refractivity (Wildman–Crippen MR) is 93.8 cm³/mol. The molecule has 0 saturated heterocycles. The lowest BCUT2D eigenvalue weighted by Gasteiger charge is -2.24. The highest BCUT2D eigenvalue weighted by molar-refractivity contribution is 8.15. The van der Waals surface area contributed by atoms with Gasteiger partial charge in [0.2, 0.25) is 0 Å². The van der Waals surface area contributed by atoms with Crippen molar-refractivity contribution in [3.05, 3.63) is 65.7 Å². The van der Waals surface area contributed by atoms with Crippen LogP contribution < -0.4 is 4.74 Å². The maximum absolute atomic E-state index is 5.23. The molecule has 0 aromatic heterocycles. The van der Waals surface area contributed by atoms with Crippen LogP contribution in [-0.4, -0.2) is 36.5 Å². The highest BCUT2D eigenvalue weighted by atomic mass is 32.2. The second-order valence-electron chi connectivity index (χ2n) is 5.49. The lowest BCUT2D eigenvalue weighted by molar-refractivity contribution is 0.349. The molecule has 2 unspecified atom stereocenters. The third-order valence-electron chi connectivity index (χ3n) is 3.75. The van der Waals surface area contributed by atoms with Crippen LogP contribution in [0.1, 0.15) is 17.2 Å². The molecule has 0 N–H and O–H groups in total. The Morgan fingerprint density at radius 3 is 2.27 bits per heavy atom. The molecule has 22 heavy (non-hydrogen) atoms. The zero-order chi connectivity index (χ0) is 15.5. The van der Waals surface area contributed by atoms with Gasteiger partial charge in [-0.2, -0.15) is 0 Å². The molecule has 4 heteroatoms. The summed E-state index contributed by atoms with van der Waals surface area (Å²) in [5.41, 5.74) is 2.41. The van der Waals surface area contributed by atoms with Crippen LogP contribution in [0.25, 0.3) is 0 Å². The van der Waals surface area contributed by atoms with Crippen molar-refractivity contribution in [2.45, 2.75) is 11.4 Å². The van der Waals surface area contributed by atoms with Crippen LogP contribution in [0, 0.1) is 0 Å². The fourth-order valence-electron chi connectivity index (χ4n) is 2.55. The van der Waals surface area contributed by atoms with E-state index in [9.17, 15) is 0 Å². The number of hydrogen-bond donors (Lipinski definition) is 0. The summed E-state index contributed by atoms with van der Waals surface area (Å²) in [4.78, 5) is 7.22. The molecule has 2 aromatic rings. The summed E-state index contributed by atoms with van der Waals surface area (Å²) < 4.78 is 5.23. The van der Waals surface area contributed by atoms with E-state index in [4.69, 9.17) is 9.73 Å². The number of aliphatic imine (C=N–C) groups is 1. The number of rotatable bonds is 4. The van der Waals surface area contributed by atoms with Crippen molar-refractivity contribution in [3.63, 3.8) is 0 Å². The molecule has 3 nitrogen and oxygen atoms in total. The molecule has 1 aliphatic rings. The Kier molecular flexibility index (Phi) is 4.50. The number of hydrogen-bond acceptors (Lipinski definition) is 4. The first-order chi connectivity index (χ1) is 10.7. The first-order valence-electron chi connectivity index (χ1n) is 7.29. The highest BCUT2D eigenvalue weighted by Gasteiger charge is 2.33. The van der Waals surface area contributed by atoms with Crippen LogP contribution in [0.15, 0.2) is 59.6 Å². The van der Waals surface area contributed by atoms with Gasteiger partial charge in [-0.05, 0) is 43.9 Å². The topological polar surface area (TPSA) is 24.8 Å². The Bertz CT molecular complexity index is 653. The summed E-state index contributed by atoms with van der Waals surface area (Å²) in [5.74, 6) is 0.871. The molecule has 114 valence electrons. The number of benzene rings is 2. The molecule has 1 heterocycles. The van der Waals surface area contributed by atoms with Gasteiger partial charge in [-0.15, -0.1) is 0 Å². The Morgan fingerprint density at radius 1 is 1.00 bits per heavy atom. The van der Waals surface area contributed by atoms with Gasteiger partial charge in [-0.3, -0.25) is 9.89 Å². The number of methoxy groups -OCH3 is 1. The normalized spacial score (nSPS) is 21.0. The molecule has 1 aliphatic heterocycles. The molecular formula is C18H20N2OS. The predicted octanol–water partition coefficient (Wildman–Crippen LogP) is 3.82. The van der Waals surface area contributed by atoms with E-state index in [0.717, 1.165) is 16.4 Å². The smallest absolute Gasteiger partial charge is 0.118 e. The van der Waals surface area contributed by atoms with E-state index in [1.807, 2.05) is 30.0 Å². The summed E-state index contributed by atoms with van der Waals surface area (Å²) in [5, 5.41) is 1.41. The molecule has 2 aromatic carbocycles. The van der Waals surface area contributed by atoms with Gasteiger partial charge in [0.25, 0.3) is 0 Å². The van der Waals surface area contributed by atoms with Gasteiger partial charge in [0.15, 0.2) is 0 Å². The molecule has 0 amide bonds. The average Bonchev–Trinajstić information content (AvgIpc) is 3.01. The van der Waals surface area contributed by atoms with E-state index in [1.54, 1.807) is 7.11 Å². The fraction of sp³-hybridized carbons (Fsp3) is 0.278. The third kappa shape index (κ3) is 3.03. The third-order valence-corrected chi connectivity index (χ3v) is 5.23. The van der Waals surface area contributed by atoms with Gasteiger partial charge in [-0.1, -0.05) is 42.1 Å². The minimum absolute atomic E-state index is 0.165. The lowest BCUT2D eigenvalue weighted by Crippen LogP contribution is -2.28. The van der Waals surface area contributed by atoms with Crippen molar-refractivity contribution in [3.8, 4) is 5.75 Å². The number of nitrogens with zero attached hydrogens (tertiary/aromatic N) is 2. The highest BCUT2D eigenvalue weighted by Crippen LogP contribution is 2.40. The molecule has 0 saturated carbocycles. The number of thioether (sulfide) groups is 1. The Labute approximate surface area is 136 Å².